The smallest absolute Gasteiger partial charge is 0.0423 e. The molecular weight excluding hydrogens is 110 g/mol. The van der Waals surface area contributed by atoms with Crippen LogP contribution in [0.5, 0.6) is 0 Å². The van der Waals surface area contributed by atoms with Crippen LogP contribution in [0, 0.1) is 6.92 Å². The number of benzene rings is 1. The first kappa shape index (κ1) is 4.86. The van der Waals surface area contributed by atoms with Crippen molar-refractivity contribution in [1.29, 1.82) is 0 Å². The molecule has 46 valence electrons. The first-order valence-corrected chi connectivity index (χ1v) is 3.20. The van der Waals surface area contributed by atoms with Crippen LogP contribution in [0.1, 0.15) is 11.1 Å². The molecule has 0 saturated heterocycles. The molecule has 0 atom stereocenters. The summed E-state index contributed by atoms with van der Waals surface area (Å²) in [5.41, 5.74) is 4.21. The van der Waals surface area contributed by atoms with Gasteiger partial charge in [-0.1, -0.05) is 12.1 Å². The monoisotopic (exact) mass is 119 g/mol. The maximum Gasteiger partial charge on any atom is 0.0423 e. The number of hydrogen-bond donors (Lipinski definition) is 1. The van der Waals surface area contributed by atoms with Crippen molar-refractivity contribution in [3.8, 4) is 0 Å². The Bertz CT molecular complexity index is 226. The van der Waals surface area contributed by atoms with Gasteiger partial charge in [-0.05, 0) is 24.1 Å². The van der Waals surface area contributed by atoms with E-state index in [2.05, 4.69) is 30.4 Å². The Morgan fingerprint density at radius 1 is 1.44 bits per heavy atom. The van der Waals surface area contributed by atoms with E-state index in [1.54, 1.807) is 0 Å². The first-order chi connectivity index (χ1) is 4.38. The van der Waals surface area contributed by atoms with E-state index < -0.39 is 0 Å². The zero-order valence-electron chi connectivity index (χ0n) is 5.44. The molecule has 0 aromatic heterocycles. The zero-order valence-corrected chi connectivity index (χ0v) is 5.44. The van der Waals surface area contributed by atoms with E-state index in [-0.39, 0.29) is 0 Å². The van der Waals surface area contributed by atoms with Gasteiger partial charge in [0.1, 0.15) is 0 Å². The van der Waals surface area contributed by atoms with Gasteiger partial charge in [-0.15, -0.1) is 0 Å². The molecular formula is C8H9N. The lowest BCUT2D eigenvalue weighted by atomic mass is 10.0. The van der Waals surface area contributed by atoms with E-state index >= 15 is 0 Å². The molecule has 0 aliphatic carbocycles. The van der Waals surface area contributed by atoms with E-state index in [0.29, 0.717) is 0 Å². The van der Waals surface area contributed by atoms with Crippen LogP contribution in [0.25, 0.3) is 0 Å². The second-order valence-electron chi connectivity index (χ2n) is 2.45. The Kier molecular flexibility index (Phi) is 0.810. The van der Waals surface area contributed by atoms with Gasteiger partial charge < -0.3 is 5.32 Å². The number of rotatable bonds is 0. The molecule has 1 aliphatic rings. The van der Waals surface area contributed by atoms with Crippen molar-refractivity contribution in [2.75, 3.05) is 5.32 Å². The Morgan fingerprint density at radius 2 is 2.33 bits per heavy atom. The van der Waals surface area contributed by atoms with Crippen LogP contribution in [-0.4, -0.2) is 0 Å². The normalized spacial score (nSPS) is 13.4. The number of aryl methyl sites for hydroxylation is 1. The van der Waals surface area contributed by atoms with Gasteiger partial charge in [0, 0.05) is 12.2 Å². The summed E-state index contributed by atoms with van der Waals surface area (Å²) < 4.78 is 0. The van der Waals surface area contributed by atoms with Crippen LogP contribution in [0.2, 0.25) is 0 Å². The van der Waals surface area contributed by atoms with Gasteiger partial charge in [0.2, 0.25) is 0 Å². The van der Waals surface area contributed by atoms with Crippen molar-refractivity contribution >= 4 is 5.69 Å². The lowest BCUT2D eigenvalue weighted by Gasteiger charge is -2.22. The standard InChI is InChI=1S/C8H9N/c1-6-3-2-4-8-7(6)5-9-8/h2-4,9H,5H2,1H3. The predicted octanol–water partition coefficient (Wildman–Crippen LogP) is 1.92. The highest BCUT2D eigenvalue weighted by Crippen LogP contribution is 2.27. The summed E-state index contributed by atoms with van der Waals surface area (Å²) in [7, 11) is 0. The summed E-state index contributed by atoms with van der Waals surface area (Å²) in [5, 5.41) is 3.23. The number of anilines is 1. The lowest BCUT2D eigenvalue weighted by Crippen LogP contribution is -2.14. The van der Waals surface area contributed by atoms with Crippen LogP contribution >= 0.6 is 0 Å². The van der Waals surface area contributed by atoms with E-state index in [0.717, 1.165) is 6.54 Å². The average molecular weight is 119 g/mol. The van der Waals surface area contributed by atoms with Crippen LogP contribution in [-0.2, 0) is 6.54 Å². The molecule has 0 bridgehead atoms. The third-order valence-corrected chi connectivity index (χ3v) is 1.87. The maximum atomic E-state index is 3.23. The number of fused-ring (bicyclic) bond motifs is 1. The van der Waals surface area contributed by atoms with E-state index in [9.17, 15) is 0 Å². The molecule has 1 heteroatoms. The Morgan fingerprint density at radius 3 is 2.78 bits per heavy atom. The van der Waals surface area contributed by atoms with Gasteiger partial charge >= 0.3 is 0 Å². The number of nitrogens with one attached hydrogen (secondary N) is 1. The molecule has 1 N–H and O–H groups in total. The van der Waals surface area contributed by atoms with Crippen LogP contribution in [0.15, 0.2) is 18.2 Å². The number of hydrogen-bond acceptors (Lipinski definition) is 1. The summed E-state index contributed by atoms with van der Waals surface area (Å²) in [6.07, 6.45) is 0. The fraction of sp³-hybridized carbons (Fsp3) is 0.250. The second-order valence-corrected chi connectivity index (χ2v) is 2.45. The van der Waals surface area contributed by atoms with E-state index in [1.807, 2.05) is 0 Å². The summed E-state index contributed by atoms with van der Waals surface area (Å²) in [4.78, 5) is 0. The van der Waals surface area contributed by atoms with Crippen molar-refractivity contribution < 1.29 is 0 Å². The molecule has 1 nitrogen and oxygen atoms in total. The minimum absolute atomic E-state index is 1.06. The van der Waals surface area contributed by atoms with Gasteiger partial charge in [0.15, 0.2) is 0 Å². The van der Waals surface area contributed by atoms with Gasteiger partial charge in [0.25, 0.3) is 0 Å². The van der Waals surface area contributed by atoms with Gasteiger partial charge in [-0.3, -0.25) is 0 Å². The Balaban J connectivity index is 2.64. The van der Waals surface area contributed by atoms with E-state index in [1.165, 1.54) is 16.8 Å². The fourth-order valence-corrected chi connectivity index (χ4v) is 1.18. The molecule has 0 fully saturated rings. The lowest BCUT2D eigenvalue weighted by molar-refractivity contribution is 1.03. The third kappa shape index (κ3) is 0.545. The summed E-state index contributed by atoms with van der Waals surface area (Å²) in [6, 6.07) is 6.35. The molecule has 1 aliphatic heterocycles. The largest absolute Gasteiger partial charge is 0.381 e. The molecule has 9 heavy (non-hydrogen) atoms. The fourth-order valence-electron chi connectivity index (χ4n) is 1.18. The van der Waals surface area contributed by atoms with Gasteiger partial charge in [-0.2, -0.15) is 0 Å². The molecule has 1 heterocycles. The molecule has 0 radical (unpaired) electrons. The molecule has 0 amide bonds. The van der Waals surface area contributed by atoms with Crippen molar-refractivity contribution in [2.24, 2.45) is 0 Å². The minimum Gasteiger partial charge on any atom is -0.381 e. The topological polar surface area (TPSA) is 12.0 Å². The van der Waals surface area contributed by atoms with Crippen molar-refractivity contribution in [3.63, 3.8) is 0 Å². The van der Waals surface area contributed by atoms with Crippen molar-refractivity contribution in [2.45, 2.75) is 13.5 Å². The molecule has 0 saturated carbocycles. The average Bonchev–Trinajstić information content (AvgIpc) is 1.74. The zero-order chi connectivity index (χ0) is 6.27. The van der Waals surface area contributed by atoms with E-state index in [4.69, 9.17) is 0 Å². The van der Waals surface area contributed by atoms with Gasteiger partial charge in [0.05, 0.1) is 0 Å². The van der Waals surface area contributed by atoms with Crippen LogP contribution in [0.3, 0.4) is 0 Å². The highest BCUT2D eigenvalue weighted by Gasteiger charge is 2.11. The minimum atomic E-state index is 1.06. The highest BCUT2D eigenvalue weighted by molar-refractivity contribution is 5.62. The van der Waals surface area contributed by atoms with Gasteiger partial charge in [-0.25, -0.2) is 0 Å². The SMILES string of the molecule is Cc1cccc2c1CN2. The van der Waals surface area contributed by atoms with Crippen molar-refractivity contribution in [3.05, 3.63) is 29.3 Å². The quantitative estimate of drug-likeness (QED) is 0.550. The molecule has 0 unspecified atom stereocenters. The summed E-state index contributed by atoms with van der Waals surface area (Å²) in [5.74, 6) is 0. The first-order valence-electron chi connectivity index (χ1n) is 3.20. The molecule has 0 spiro atoms. The Hall–Kier alpha value is -0.980. The molecule has 1 aromatic carbocycles. The van der Waals surface area contributed by atoms with Crippen molar-refractivity contribution in [1.82, 2.24) is 0 Å². The highest BCUT2D eigenvalue weighted by atomic mass is 14.9. The second kappa shape index (κ2) is 1.50. The molecule has 1 aromatic rings. The summed E-state index contributed by atoms with van der Waals surface area (Å²) >= 11 is 0. The summed E-state index contributed by atoms with van der Waals surface area (Å²) in [6.45, 7) is 3.21. The van der Waals surface area contributed by atoms with Crippen LogP contribution < -0.4 is 5.32 Å². The maximum absolute atomic E-state index is 3.23. The Labute approximate surface area is 54.7 Å². The predicted molar refractivity (Wildman–Crippen MR) is 38.5 cm³/mol. The third-order valence-electron chi connectivity index (χ3n) is 1.87. The van der Waals surface area contributed by atoms with Crippen LogP contribution in [0.4, 0.5) is 5.69 Å². The molecule has 2 rings (SSSR count).